The van der Waals surface area contributed by atoms with Crippen LogP contribution in [0.2, 0.25) is 0 Å². The molecule has 3 nitrogen and oxygen atoms in total. The van der Waals surface area contributed by atoms with E-state index in [0.29, 0.717) is 11.1 Å². The number of carbonyl (C=O) groups is 1. The Labute approximate surface area is 117 Å². The van der Waals surface area contributed by atoms with Crippen LogP contribution in [0, 0.1) is 5.82 Å². The molecule has 2 rings (SSSR count). The lowest BCUT2D eigenvalue weighted by atomic mass is 10.0. The van der Waals surface area contributed by atoms with Gasteiger partial charge in [-0.2, -0.15) is 0 Å². The van der Waals surface area contributed by atoms with Gasteiger partial charge >= 0.3 is 5.97 Å². The number of carboxylic acid groups (broad SMARTS) is 1. The Morgan fingerprint density at radius 2 is 1.75 bits per heavy atom. The number of halogens is 1. The fourth-order valence-corrected chi connectivity index (χ4v) is 2.08. The summed E-state index contributed by atoms with van der Waals surface area (Å²) >= 11 is 0. The number of hydrogen-bond acceptors (Lipinski definition) is 2. The average Bonchev–Trinajstić information content (AvgIpc) is 2.45. The second-order valence-corrected chi connectivity index (χ2v) is 4.63. The molecule has 0 radical (unpaired) electrons. The average molecular weight is 273 g/mol. The summed E-state index contributed by atoms with van der Waals surface area (Å²) < 4.78 is 13.2. The van der Waals surface area contributed by atoms with E-state index >= 15 is 0 Å². The fraction of sp³-hybridized carbons (Fsp3) is 0.188. The van der Waals surface area contributed by atoms with Crippen LogP contribution in [0.5, 0.6) is 0 Å². The molecule has 0 aliphatic heterocycles. The largest absolute Gasteiger partial charge is 0.480 e. The molecule has 0 bridgehead atoms. The number of benzene rings is 2. The van der Waals surface area contributed by atoms with Crippen LogP contribution in [-0.4, -0.2) is 11.1 Å². The van der Waals surface area contributed by atoms with Gasteiger partial charge in [-0.15, -0.1) is 0 Å². The van der Waals surface area contributed by atoms with Gasteiger partial charge in [0.2, 0.25) is 0 Å². The topological polar surface area (TPSA) is 49.3 Å². The normalized spacial score (nSPS) is 13.7. The molecule has 2 N–H and O–H groups in total. The third-order valence-electron chi connectivity index (χ3n) is 3.15. The van der Waals surface area contributed by atoms with Gasteiger partial charge < -0.3 is 5.11 Å². The number of nitrogens with one attached hydrogen (secondary N) is 1. The zero-order valence-electron chi connectivity index (χ0n) is 11.1. The van der Waals surface area contributed by atoms with Crippen LogP contribution < -0.4 is 5.32 Å². The van der Waals surface area contributed by atoms with Crippen molar-refractivity contribution in [2.75, 3.05) is 0 Å². The second-order valence-electron chi connectivity index (χ2n) is 4.63. The molecule has 20 heavy (non-hydrogen) atoms. The quantitative estimate of drug-likeness (QED) is 0.878. The van der Waals surface area contributed by atoms with Crippen molar-refractivity contribution in [3.8, 4) is 0 Å². The number of hydrogen-bond donors (Lipinski definition) is 2. The highest BCUT2D eigenvalue weighted by Crippen LogP contribution is 2.20. The van der Waals surface area contributed by atoms with Gasteiger partial charge in [0, 0.05) is 6.04 Å². The van der Waals surface area contributed by atoms with E-state index in [-0.39, 0.29) is 11.9 Å². The minimum Gasteiger partial charge on any atom is -0.480 e. The van der Waals surface area contributed by atoms with Crippen LogP contribution in [0.15, 0.2) is 54.6 Å². The summed E-state index contributed by atoms with van der Waals surface area (Å²) in [6.07, 6.45) is 0. The van der Waals surface area contributed by atoms with Crippen LogP contribution >= 0.6 is 0 Å². The molecular weight excluding hydrogens is 257 g/mol. The summed E-state index contributed by atoms with van der Waals surface area (Å²) in [6.45, 7) is 1.81. The predicted octanol–water partition coefficient (Wildman–Crippen LogP) is 3.30. The van der Waals surface area contributed by atoms with Crippen LogP contribution in [0.3, 0.4) is 0 Å². The summed E-state index contributed by atoms with van der Waals surface area (Å²) in [6, 6.07) is 14.0. The van der Waals surface area contributed by atoms with E-state index < -0.39 is 12.0 Å². The molecule has 0 aliphatic carbocycles. The third-order valence-corrected chi connectivity index (χ3v) is 3.15. The lowest BCUT2D eigenvalue weighted by molar-refractivity contribution is -0.139. The van der Waals surface area contributed by atoms with E-state index in [4.69, 9.17) is 0 Å². The van der Waals surface area contributed by atoms with Gasteiger partial charge in [0.15, 0.2) is 0 Å². The van der Waals surface area contributed by atoms with Gasteiger partial charge in [-0.05, 0) is 30.2 Å². The van der Waals surface area contributed by atoms with Crippen molar-refractivity contribution in [1.29, 1.82) is 0 Å². The smallest absolute Gasteiger partial charge is 0.325 e. The molecule has 0 amide bonds. The molecule has 0 aromatic heterocycles. The molecule has 0 fully saturated rings. The molecule has 0 saturated heterocycles. The lowest BCUT2D eigenvalue weighted by Gasteiger charge is -2.21. The van der Waals surface area contributed by atoms with Gasteiger partial charge in [0.05, 0.1) is 0 Å². The van der Waals surface area contributed by atoms with Crippen molar-refractivity contribution in [1.82, 2.24) is 5.32 Å². The lowest BCUT2D eigenvalue weighted by Crippen LogP contribution is -2.30. The van der Waals surface area contributed by atoms with E-state index in [2.05, 4.69) is 5.32 Å². The van der Waals surface area contributed by atoms with E-state index in [1.54, 1.807) is 36.4 Å². The van der Waals surface area contributed by atoms with Gasteiger partial charge in [-0.25, -0.2) is 4.39 Å². The Bertz CT molecular complexity index is 586. The maximum absolute atomic E-state index is 13.2. The summed E-state index contributed by atoms with van der Waals surface area (Å²) in [4.78, 5) is 11.4. The van der Waals surface area contributed by atoms with Gasteiger partial charge in [-0.1, -0.05) is 42.5 Å². The zero-order valence-corrected chi connectivity index (χ0v) is 11.1. The van der Waals surface area contributed by atoms with Crippen molar-refractivity contribution in [2.45, 2.75) is 19.0 Å². The minimum atomic E-state index is -0.959. The van der Waals surface area contributed by atoms with Crippen molar-refractivity contribution < 1.29 is 14.3 Å². The summed E-state index contributed by atoms with van der Waals surface area (Å²) in [7, 11) is 0. The number of rotatable bonds is 5. The molecule has 0 heterocycles. The molecule has 0 saturated carbocycles. The standard InChI is InChI=1S/C16H16FNO2/c1-11(13-8-5-9-14(17)10-13)18-15(16(19)20)12-6-3-2-4-7-12/h2-11,15,18H,1H3,(H,19,20)/t11-,15?/m0/s1. The van der Waals surface area contributed by atoms with Crippen LogP contribution in [0.25, 0.3) is 0 Å². The van der Waals surface area contributed by atoms with Crippen molar-refractivity contribution in [3.05, 3.63) is 71.5 Å². The molecular formula is C16H16FNO2. The van der Waals surface area contributed by atoms with Gasteiger partial charge in [-0.3, -0.25) is 10.1 Å². The molecule has 2 aromatic carbocycles. The van der Waals surface area contributed by atoms with Crippen molar-refractivity contribution >= 4 is 5.97 Å². The SMILES string of the molecule is C[C@H](NC(C(=O)O)c1ccccc1)c1cccc(F)c1. The molecule has 104 valence electrons. The van der Waals surface area contributed by atoms with Gasteiger partial charge in [0.1, 0.15) is 11.9 Å². The molecule has 4 heteroatoms. The first-order chi connectivity index (χ1) is 9.58. The molecule has 2 atom stereocenters. The molecule has 0 spiro atoms. The maximum atomic E-state index is 13.2. The Morgan fingerprint density at radius 1 is 1.10 bits per heavy atom. The predicted molar refractivity (Wildman–Crippen MR) is 74.8 cm³/mol. The Balaban J connectivity index is 2.19. The first-order valence-corrected chi connectivity index (χ1v) is 6.37. The highest BCUT2D eigenvalue weighted by Gasteiger charge is 2.22. The second kappa shape index (κ2) is 6.30. The summed E-state index contributed by atoms with van der Waals surface area (Å²) in [5, 5.41) is 12.4. The summed E-state index contributed by atoms with van der Waals surface area (Å²) in [5.74, 6) is -1.29. The Morgan fingerprint density at radius 3 is 2.35 bits per heavy atom. The van der Waals surface area contributed by atoms with Crippen LogP contribution in [0.1, 0.15) is 30.1 Å². The van der Waals surface area contributed by atoms with Crippen LogP contribution in [-0.2, 0) is 4.79 Å². The maximum Gasteiger partial charge on any atom is 0.325 e. The van der Waals surface area contributed by atoms with E-state index in [1.807, 2.05) is 13.0 Å². The first kappa shape index (κ1) is 14.2. The highest BCUT2D eigenvalue weighted by atomic mass is 19.1. The first-order valence-electron chi connectivity index (χ1n) is 6.37. The molecule has 0 aliphatic rings. The number of aliphatic carboxylic acids is 1. The zero-order chi connectivity index (χ0) is 14.5. The van der Waals surface area contributed by atoms with E-state index in [9.17, 15) is 14.3 Å². The third kappa shape index (κ3) is 3.42. The number of carboxylic acids is 1. The Kier molecular flexibility index (Phi) is 4.48. The van der Waals surface area contributed by atoms with E-state index in [1.165, 1.54) is 12.1 Å². The van der Waals surface area contributed by atoms with E-state index in [0.717, 1.165) is 0 Å². The summed E-state index contributed by atoms with van der Waals surface area (Å²) in [5.41, 5.74) is 1.38. The van der Waals surface area contributed by atoms with Gasteiger partial charge in [0.25, 0.3) is 0 Å². The molecule has 2 aromatic rings. The highest BCUT2D eigenvalue weighted by molar-refractivity contribution is 5.75. The van der Waals surface area contributed by atoms with Crippen LogP contribution in [0.4, 0.5) is 4.39 Å². The monoisotopic (exact) mass is 273 g/mol. The van der Waals surface area contributed by atoms with Crippen molar-refractivity contribution in [3.63, 3.8) is 0 Å². The Hall–Kier alpha value is -2.20. The molecule has 1 unspecified atom stereocenters. The fourth-order valence-electron chi connectivity index (χ4n) is 2.08. The van der Waals surface area contributed by atoms with Crippen molar-refractivity contribution in [2.24, 2.45) is 0 Å². The minimum absolute atomic E-state index is 0.271.